The number of hydrogen-bond donors (Lipinski definition) is 0. The van der Waals surface area contributed by atoms with Crippen LogP contribution in [-0.2, 0) is 0 Å². The van der Waals surface area contributed by atoms with Gasteiger partial charge in [0.25, 0.3) is 11.6 Å². The Hall–Kier alpha value is -3.92. The minimum atomic E-state index is 0.0608. The van der Waals surface area contributed by atoms with Crippen molar-refractivity contribution in [2.24, 2.45) is 0 Å². The molecule has 0 aliphatic heterocycles. The molecule has 4 aromatic rings. The van der Waals surface area contributed by atoms with E-state index in [1.54, 1.807) is 24.3 Å². The highest BCUT2D eigenvalue weighted by molar-refractivity contribution is 5.78. The van der Waals surface area contributed by atoms with Crippen LogP contribution in [0.4, 0.5) is 0 Å². The summed E-state index contributed by atoms with van der Waals surface area (Å²) < 4.78 is 17.4. The molecule has 7 nitrogen and oxygen atoms in total. The van der Waals surface area contributed by atoms with E-state index in [-0.39, 0.29) is 11.7 Å². The van der Waals surface area contributed by atoms with Crippen LogP contribution in [0.25, 0.3) is 22.7 Å². The molecule has 4 rings (SSSR count). The molecule has 2 aromatic heterocycles. The molecule has 0 aliphatic carbocycles. The molecule has 0 amide bonds. The zero-order chi connectivity index (χ0) is 20.2. The summed E-state index contributed by atoms with van der Waals surface area (Å²) in [7, 11) is 0. The number of nitriles is 1. The van der Waals surface area contributed by atoms with E-state index < -0.39 is 0 Å². The van der Waals surface area contributed by atoms with E-state index in [0.29, 0.717) is 35.2 Å². The highest BCUT2D eigenvalue weighted by Gasteiger charge is 2.18. The van der Waals surface area contributed by atoms with Crippen molar-refractivity contribution in [1.29, 1.82) is 5.26 Å². The number of rotatable bonds is 6. The van der Waals surface area contributed by atoms with Gasteiger partial charge >= 0.3 is 6.01 Å². The summed E-state index contributed by atoms with van der Waals surface area (Å²) in [6.45, 7) is 4.48. The van der Waals surface area contributed by atoms with Gasteiger partial charge < -0.3 is 13.9 Å². The van der Waals surface area contributed by atoms with E-state index in [0.717, 1.165) is 17.5 Å². The lowest BCUT2D eigenvalue weighted by atomic mass is 10.1. The third-order valence-corrected chi connectivity index (χ3v) is 4.09. The van der Waals surface area contributed by atoms with Crippen LogP contribution in [0.2, 0.25) is 0 Å². The summed E-state index contributed by atoms with van der Waals surface area (Å²) in [5.74, 6) is 1.18. The molecule has 0 saturated heterocycles. The Labute approximate surface area is 167 Å². The van der Waals surface area contributed by atoms with Gasteiger partial charge in [0.2, 0.25) is 5.89 Å². The van der Waals surface area contributed by atoms with Gasteiger partial charge in [0.05, 0.1) is 18.2 Å². The number of aromatic nitrogens is 3. The SMILES string of the molecule is CCCOc1nc(Oc2cccc(C#N)c2)nc2oc(-c3cccc(C)c3)nc12. The van der Waals surface area contributed by atoms with E-state index in [9.17, 15) is 0 Å². The summed E-state index contributed by atoms with van der Waals surface area (Å²) in [6, 6.07) is 16.7. The average molecular weight is 386 g/mol. The molecule has 0 N–H and O–H groups in total. The van der Waals surface area contributed by atoms with E-state index in [1.807, 2.05) is 38.1 Å². The van der Waals surface area contributed by atoms with Gasteiger partial charge in [-0.25, -0.2) is 4.98 Å². The van der Waals surface area contributed by atoms with Crippen LogP contribution in [0.3, 0.4) is 0 Å². The van der Waals surface area contributed by atoms with Gasteiger partial charge in [-0.15, -0.1) is 0 Å². The maximum atomic E-state index is 9.06. The fraction of sp³-hybridized carbons (Fsp3) is 0.182. The Morgan fingerprint density at radius 1 is 1.07 bits per heavy atom. The molecule has 2 aromatic carbocycles. The molecule has 0 fully saturated rings. The first-order valence-electron chi connectivity index (χ1n) is 9.22. The molecule has 0 bridgehead atoms. The lowest BCUT2D eigenvalue weighted by Crippen LogP contribution is -2.01. The topological polar surface area (TPSA) is 94.1 Å². The molecular formula is C22H18N4O3. The first-order valence-corrected chi connectivity index (χ1v) is 9.22. The quantitative estimate of drug-likeness (QED) is 0.458. The maximum Gasteiger partial charge on any atom is 0.328 e. The van der Waals surface area contributed by atoms with Crippen LogP contribution < -0.4 is 9.47 Å². The van der Waals surface area contributed by atoms with Crippen molar-refractivity contribution in [2.75, 3.05) is 6.61 Å². The van der Waals surface area contributed by atoms with E-state index in [4.69, 9.17) is 19.2 Å². The van der Waals surface area contributed by atoms with Crippen molar-refractivity contribution in [3.8, 4) is 35.2 Å². The molecule has 0 radical (unpaired) electrons. The van der Waals surface area contributed by atoms with Crippen LogP contribution in [0.5, 0.6) is 17.6 Å². The zero-order valence-electron chi connectivity index (χ0n) is 16.0. The number of benzene rings is 2. The number of ether oxygens (including phenoxy) is 2. The summed E-state index contributed by atoms with van der Waals surface area (Å²) >= 11 is 0. The van der Waals surface area contributed by atoms with Gasteiger partial charge in [0.1, 0.15) is 5.75 Å². The van der Waals surface area contributed by atoms with Gasteiger partial charge in [0, 0.05) is 5.56 Å². The predicted octanol–water partition coefficient (Wildman–Crippen LogP) is 5.05. The van der Waals surface area contributed by atoms with Gasteiger partial charge in [0.15, 0.2) is 5.52 Å². The molecule has 29 heavy (non-hydrogen) atoms. The molecule has 144 valence electrons. The predicted molar refractivity (Wildman–Crippen MR) is 107 cm³/mol. The lowest BCUT2D eigenvalue weighted by molar-refractivity contribution is 0.302. The number of hydrogen-bond acceptors (Lipinski definition) is 7. The standard InChI is InChI=1S/C22H18N4O3/c1-3-10-27-20-18-21(29-19(24-18)16-8-4-6-14(2)11-16)26-22(25-20)28-17-9-5-7-15(12-17)13-23/h4-9,11-12H,3,10H2,1-2H3. The smallest absolute Gasteiger partial charge is 0.328 e. The maximum absolute atomic E-state index is 9.06. The monoisotopic (exact) mass is 386 g/mol. The van der Waals surface area contributed by atoms with Gasteiger partial charge in [-0.2, -0.15) is 15.2 Å². The Morgan fingerprint density at radius 2 is 1.93 bits per heavy atom. The van der Waals surface area contributed by atoms with E-state index >= 15 is 0 Å². The lowest BCUT2D eigenvalue weighted by Gasteiger charge is -2.07. The van der Waals surface area contributed by atoms with Crippen LogP contribution in [0.1, 0.15) is 24.5 Å². The third kappa shape index (κ3) is 4.01. The minimum Gasteiger partial charge on any atom is -0.476 e. The van der Waals surface area contributed by atoms with Crippen molar-refractivity contribution in [3.05, 3.63) is 59.7 Å². The molecule has 0 unspecified atom stereocenters. The summed E-state index contributed by atoms with van der Waals surface area (Å²) in [6.07, 6.45) is 0.814. The Kier molecular flexibility index (Phi) is 5.08. The second-order valence-electron chi connectivity index (χ2n) is 6.44. The molecule has 0 aliphatic rings. The Morgan fingerprint density at radius 3 is 2.72 bits per heavy atom. The van der Waals surface area contributed by atoms with Gasteiger partial charge in [-0.1, -0.05) is 30.7 Å². The van der Waals surface area contributed by atoms with Crippen LogP contribution in [0, 0.1) is 18.3 Å². The first kappa shape index (κ1) is 18.4. The summed E-state index contributed by atoms with van der Waals surface area (Å²) in [5.41, 5.74) is 3.13. The Bertz CT molecular complexity index is 1210. The van der Waals surface area contributed by atoms with Crippen molar-refractivity contribution in [2.45, 2.75) is 20.3 Å². The number of fused-ring (bicyclic) bond motifs is 1. The molecule has 0 spiro atoms. The number of nitrogens with zero attached hydrogens (tertiary/aromatic N) is 4. The summed E-state index contributed by atoms with van der Waals surface area (Å²) in [5, 5.41) is 9.06. The fourth-order valence-electron chi connectivity index (χ4n) is 2.76. The second-order valence-corrected chi connectivity index (χ2v) is 6.44. The molecule has 0 atom stereocenters. The molecular weight excluding hydrogens is 368 g/mol. The van der Waals surface area contributed by atoms with Crippen LogP contribution in [-0.4, -0.2) is 21.6 Å². The molecule has 2 heterocycles. The van der Waals surface area contributed by atoms with Crippen LogP contribution in [0.15, 0.2) is 52.9 Å². The molecule has 0 saturated carbocycles. The average Bonchev–Trinajstić information content (AvgIpc) is 3.16. The Balaban J connectivity index is 1.76. The number of aryl methyl sites for hydroxylation is 1. The number of oxazole rings is 1. The van der Waals surface area contributed by atoms with E-state index in [1.165, 1.54) is 0 Å². The fourth-order valence-corrected chi connectivity index (χ4v) is 2.76. The first-order chi connectivity index (χ1) is 14.2. The normalized spacial score (nSPS) is 10.7. The van der Waals surface area contributed by atoms with Crippen LogP contribution >= 0.6 is 0 Å². The summed E-state index contributed by atoms with van der Waals surface area (Å²) in [4.78, 5) is 13.2. The van der Waals surface area contributed by atoms with Crippen molar-refractivity contribution >= 4 is 11.2 Å². The molecule has 7 heteroatoms. The second kappa shape index (κ2) is 7.98. The van der Waals surface area contributed by atoms with Crippen molar-refractivity contribution < 1.29 is 13.9 Å². The third-order valence-electron chi connectivity index (χ3n) is 4.09. The zero-order valence-corrected chi connectivity index (χ0v) is 16.0. The largest absolute Gasteiger partial charge is 0.476 e. The highest BCUT2D eigenvalue weighted by Crippen LogP contribution is 2.31. The highest BCUT2D eigenvalue weighted by atomic mass is 16.5. The van der Waals surface area contributed by atoms with Gasteiger partial charge in [-0.3, -0.25) is 0 Å². The van der Waals surface area contributed by atoms with Gasteiger partial charge in [-0.05, 0) is 43.7 Å². The van der Waals surface area contributed by atoms with Crippen molar-refractivity contribution in [3.63, 3.8) is 0 Å². The van der Waals surface area contributed by atoms with E-state index in [2.05, 4.69) is 21.0 Å². The van der Waals surface area contributed by atoms with Crippen molar-refractivity contribution in [1.82, 2.24) is 15.0 Å². The minimum absolute atomic E-state index is 0.0608.